The Bertz CT molecular complexity index is 1090. The lowest BCUT2D eigenvalue weighted by Crippen LogP contribution is -2.36. The molecule has 30 heavy (non-hydrogen) atoms. The van der Waals surface area contributed by atoms with Gasteiger partial charge in [-0.25, -0.2) is 0 Å². The van der Waals surface area contributed by atoms with Crippen LogP contribution in [0.25, 0.3) is 11.3 Å². The molecule has 3 aromatic rings. The summed E-state index contributed by atoms with van der Waals surface area (Å²) in [4.78, 5) is 18.8. The van der Waals surface area contributed by atoms with E-state index in [0.717, 1.165) is 11.3 Å². The molecule has 0 N–H and O–H groups in total. The minimum absolute atomic E-state index is 0.191. The predicted octanol–water partition coefficient (Wildman–Crippen LogP) is 4.76. The van der Waals surface area contributed by atoms with Crippen molar-refractivity contribution in [3.8, 4) is 22.9 Å². The molecule has 1 atom stereocenters. The van der Waals surface area contributed by atoms with Crippen LogP contribution in [0, 0.1) is 0 Å². The van der Waals surface area contributed by atoms with Crippen LogP contribution in [0.5, 0.6) is 11.6 Å². The van der Waals surface area contributed by atoms with Crippen molar-refractivity contribution in [2.45, 2.75) is 25.2 Å². The van der Waals surface area contributed by atoms with E-state index in [4.69, 9.17) is 21.1 Å². The summed E-state index contributed by atoms with van der Waals surface area (Å²) in [5, 5.41) is 9.44. The first-order chi connectivity index (χ1) is 14.5. The van der Waals surface area contributed by atoms with Crippen LogP contribution < -0.4 is 14.4 Å². The molecule has 2 heterocycles. The zero-order chi connectivity index (χ0) is 21.3. The molecule has 0 unspecified atom stereocenters. The molecule has 1 aromatic heterocycles. The van der Waals surface area contributed by atoms with Gasteiger partial charge in [0, 0.05) is 23.1 Å². The maximum atomic E-state index is 12.8. The number of hydrogen-bond donors (Lipinski definition) is 0. The monoisotopic (exact) mass is 442 g/mol. The Hall–Kier alpha value is -2.84. The van der Waals surface area contributed by atoms with E-state index in [1.165, 1.54) is 18.7 Å². The summed E-state index contributed by atoms with van der Waals surface area (Å²) in [6, 6.07) is 12.7. The quantitative estimate of drug-likeness (QED) is 0.539. The van der Waals surface area contributed by atoms with Gasteiger partial charge in [0.25, 0.3) is 0 Å². The van der Waals surface area contributed by atoms with E-state index in [2.05, 4.69) is 15.2 Å². The van der Waals surface area contributed by atoms with Crippen LogP contribution in [0.3, 0.4) is 0 Å². The van der Waals surface area contributed by atoms with Gasteiger partial charge in [-0.1, -0.05) is 23.4 Å². The lowest BCUT2D eigenvalue weighted by Gasteiger charge is -2.30. The highest BCUT2D eigenvalue weighted by Crippen LogP contribution is 2.44. The van der Waals surface area contributed by atoms with Gasteiger partial charge in [0.15, 0.2) is 5.69 Å². The summed E-state index contributed by atoms with van der Waals surface area (Å²) in [6.45, 7) is 3.99. The largest absolute Gasteiger partial charge is 0.494 e. The van der Waals surface area contributed by atoms with Crippen LogP contribution in [0.15, 0.2) is 47.6 Å². The number of amides is 1. The lowest BCUT2D eigenvalue weighted by molar-refractivity contribution is -0.118. The third kappa shape index (κ3) is 3.80. The summed E-state index contributed by atoms with van der Waals surface area (Å²) in [5.41, 5.74) is 2.46. The third-order valence-corrected chi connectivity index (χ3v) is 5.34. The molecule has 2 aromatic carbocycles. The molecule has 0 spiro atoms. The van der Waals surface area contributed by atoms with Crippen molar-refractivity contribution in [2.24, 2.45) is 0 Å². The highest BCUT2D eigenvalue weighted by atomic mass is 35.5. The molecule has 0 aliphatic carbocycles. The average molecular weight is 443 g/mol. The number of nitrogens with zero attached hydrogens (tertiary/aromatic N) is 4. The van der Waals surface area contributed by atoms with Crippen LogP contribution in [-0.4, -0.2) is 34.0 Å². The molecular formula is C21H19ClN4O3S. The van der Waals surface area contributed by atoms with Crippen LogP contribution >= 0.6 is 23.4 Å². The van der Waals surface area contributed by atoms with E-state index in [1.54, 1.807) is 23.1 Å². The number of rotatable bonds is 4. The van der Waals surface area contributed by atoms with Crippen LogP contribution in [-0.2, 0) is 4.79 Å². The van der Waals surface area contributed by atoms with Crippen molar-refractivity contribution < 1.29 is 14.3 Å². The number of hydrogen-bond acceptors (Lipinski definition) is 7. The number of carbonyl (C=O) groups is 1. The van der Waals surface area contributed by atoms with Gasteiger partial charge in [-0.05, 0) is 55.6 Å². The Balaban J connectivity index is 1.91. The van der Waals surface area contributed by atoms with Gasteiger partial charge in [0.05, 0.1) is 12.3 Å². The van der Waals surface area contributed by atoms with Crippen molar-refractivity contribution in [3.63, 3.8) is 0 Å². The molecule has 0 bridgehead atoms. The second-order valence-electron chi connectivity index (χ2n) is 6.48. The number of halogens is 1. The number of anilines is 1. The Labute approximate surface area is 183 Å². The zero-order valence-electron chi connectivity index (χ0n) is 16.6. The molecule has 7 nitrogen and oxygen atoms in total. The summed E-state index contributed by atoms with van der Waals surface area (Å²) in [7, 11) is 0. The van der Waals surface area contributed by atoms with Gasteiger partial charge in [-0.2, -0.15) is 4.98 Å². The third-order valence-electron chi connectivity index (χ3n) is 4.56. The fraction of sp³-hybridized carbons (Fsp3) is 0.238. The Morgan fingerprint density at radius 2 is 2.00 bits per heavy atom. The fourth-order valence-electron chi connectivity index (χ4n) is 3.28. The Morgan fingerprint density at radius 3 is 2.67 bits per heavy atom. The number of carbonyl (C=O) groups excluding carboxylic acids is 1. The minimum atomic E-state index is -0.745. The molecule has 0 saturated heterocycles. The molecule has 4 rings (SSSR count). The van der Waals surface area contributed by atoms with Crippen LogP contribution in [0.4, 0.5) is 5.69 Å². The molecule has 154 valence electrons. The number of aromatic nitrogens is 3. The lowest BCUT2D eigenvalue weighted by atomic mass is 10.1. The highest BCUT2D eigenvalue weighted by Gasteiger charge is 2.34. The Kier molecular flexibility index (Phi) is 5.78. The average Bonchev–Trinajstić information content (AvgIpc) is 2.88. The van der Waals surface area contributed by atoms with Crippen LogP contribution in [0.2, 0.25) is 5.02 Å². The summed E-state index contributed by atoms with van der Waals surface area (Å²) < 4.78 is 11.8. The second-order valence-corrected chi connectivity index (χ2v) is 7.68. The fourth-order valence-corrected chi connectivity index (χ4v) is 3.74. The predicted molar refractivity (Wildman–Crippen MR) is 116 cm³/mol. The highest BCUT2D eigenvalue weighted by molar-refractivity contribution is 7.98. The first-order valence-corrected chi connectivity index (χ1v) is 10.9. The first-order valence-electron chi connectivity index (χ1n) is 9.29. The topological polar surface area (TPSA) is 77.4 Å². The molecule has 0 saturated carbocycles. The van der Waals surface area contributed by atoms with Crippen molar-refractivity contribution in [1.29, 1.82) is 0 Å². The summed E-state index contributed by atoms with van der Waals surface area (Å²) >= 11 is 7.61. The van der Waals surface area contributed by atoms with Gasteiger partial charge in [0.1, 0.15) is 5.75 Å². The summed E-state index contributed by atoms with van der Waals surface area (Å²) in [6.07, 6.45) is 1.11. The number of benzene rings is 2. The normalized spacial score (nSPS) is 14.9. The SMILES string of the molecule is CCOc1ccc([C@@H]2Oc3nc(SC)nnc3-c3cc(Cl)ccc3N2C(C)=O)cc1. The number of thioether (sulfide) groups is 1. The molecule has 1 aliphatic rings. The van der Waals surface area contributed by atoms with Gasteiger partial charge >= 0.3 is 0 Å². The van der Waals surface area contributed by atoms with E-state index in [-0.39, 0.29) is 5.91 Å². The first kappa shape index (κ1) is 20.4. The van der Waals surface area contributed by atoms with Gasteiger partial charge in [-0.3, -0.25) is 9.69 Å². The maximum Gasteiger partial charge on any atom is 0.247 e. The molecule has 0 fully saturated rings. The van der Waals surface area contributed by atoms with E-state index in [0.29, 0.717) is 39.6 Å². The van der Waals surface area contributed by atoms with Crippen LogP contribution in [0.1, 0.15) is 25.6 Å². The van der Waals surface area contributed by atoms with Gasteiger partial charge < -0.3 is 9.47 Å². The molecule has 1 aliphatic heterocycles. The van der Waals surface area contributed by atoms with E-state index in [9.17, 15) is 4.79 Å². The van der Waals surface area contributed by atoms with Gasteiger partial charge in [0.2, 0.25) is 23.2 Å². The summed E-state index contributed by atoms with van der Waals surface area (Å²) in [5.74, 6) is 0.842. The van der Waals surface area contributed by atoms with E-state index in [1.807, 2.05) is 37.4 Å². The van der Waals surface area contributed by atoms with Gasteiger partial charge in [-0.15, -0.1) is 10.2 Å². The minimum Gasteiger partial charge on any atom is -0.494 e. The van der Waals surface area contributed by atoms with E-state index >= 15 is 0 Å². The van der Waals surface area contributed by atoms with Crippen molar-refractivity contribution >= 4 is 35.0 Å². The van der Waals surface area contributed by atoms with Crippen molar-refractivity contribution in [1.82, 2.24) is 15.2 Å². The van der Waals surface area contributed by atoms with E-state index < -0.39 is 6.23 Å². The number of ether oxygens (including phenoxy) is 2. The van der Waals surface area contributed by atoms with Crippen molar-refractivity contribution in [3.05, 3.63) is 53.1 Å². The maximum absolute atomic E-state index is 12.8. The second kappa shape index (κ2) is 8.49. The number of fused-ring (bicyclic) bond motifs is 3. The standard InChI is InChI=1S/C21H19ClN4O3S/c1-4-28-15-8-5-13(6-9-15)20-26(12(2)27)17-10-7-14(22)11-16(17)18-19(29-20)23-21(30-3)25-24-18/h5-11,20H,4H2,1-3H3/t20-/m0/s1. The zero-order valence-corrected chi connectivity index (χ0v) is 18.2. The molecule has 9 heteroatoms. The molecule has 0 radical (unpaired) electrons. The molecular weight excluding hydrogens is 424 g/mol. The smallest absolute Gasteiger partial charge is 0.247 e. The van der Waals surface area contributed by atoms with Crippen molar-refractivity contribution in [2.75, 3.05) is 17.8 Å². The Morgan fingerprint density at radius 1 is 1.23 bits per heavy atom. The molecule has 1 amide bonds.